The number of carbonyl (C=O) groups excluding carboxylic acids is 2. The second-order valence-corrected chi connectivity index (χ2v) is 8.45. The number of benzene rings is 1. The van der Waals surface area contributed by atoms with Crippen LogP contribution in [-0.2, 0) is 28.5 Å². The number of nitrogens with one attached hydrogen (secondary N) is 3. The highest BCUT2D eigenvalue weighted by Gasteiger charge is 2.01. The first-order chi connectivity index (χ1) is 17.7. The molecule has 0 fully saturated rings. The molecular formula is C27H47N3O6. The van der Waals surface area contributed by atoms with Crippen LogP contribution in [0.4, 0.5) is 5.69 Å². The van der Waals surface area contributed by atoms with Crippen LogP contribution in [0.2, 0.25) is 0 Å². The van der Waals surface area contributed by atoms with E-state index in [1.165, 1.54) is 0 Å². The molecule has 0 atom stereocenters. The average molecular weight is 510 g/mol. The van der Waals surface area contributed by atoms with Crippen molar-refractivity contribution in [2.24, 2.45) is 0 Å². The van der Waals surface area contributed by atoms with Crippen molar-refractivity contribution < 1.29 is 28.5 Å². The third kappa shape index (κ3) is 22.3. The molecule has 0 aliphatic carbocycles. The van der Waals surface area contributed by atoms with E-state index in [2.05, 4.69) is 16.0 Å². The standard InChI is InChI=1S/C27H47N3O6/c1-25(31)28-14-9-4-2-3-5-10-15-30-27(32)13-17-33-19-21-35-23-24-36-22-20-34-18-16-29-26-11-7-6-8-12-26/h6-8,11-12,29H,2-5,9-10,13-24H2,1H3,(H,28,31)(H,30,32). The third-order valence-corrected chi connectivity index (χ3v) is 5.24. The van der Waals surface area contributed by atoms with E-state index in [1.54, 1.807) is 6.92 Å². The number of amides is 2. The number of ether oxygens (including phenoxy) is 4. The molecule has 0 saturated carbocycles. The van der Waals surface area contributed by atoms with Gasteiger partial charge in [0.15, 0.2) is 0 Å². The minimum atomic E-state index is 0.0256. The predicted octanol–water partition coefficient (Wildman–Crippen LogP) is 3.15. The molecule has 0 bridgehead atoms. The second kappa shape index (κ2) is 24.5. The molecule has 0 spiro atoms. The van der Waals surface area contributed by atoms with E-state index in [4.69, 9.17) is 18.9 Å². The Morgan fingerprint density at radius 2 is 1.11 bits per heavy atom. The molecule has 1 aromatic carbocycles. The summed E-state index contributed by atoms with van der Waals surface area (Å²) < 4.78 is 21.9. The molecule has 1 rings (SSSR count). The van der Waals surface area contributed by atoms with Gasteiger partial charge in [-0.1, -0.05) is 43.9 Å². The van der Waals surface area contributed by atoms with Gasteiger partial charge >= 0.3 is 0 Å². The van der Waals surface area contributed by atoms with E-state index >= 15 is 0 Å². The van der Waals surface area contributed by atoms with Gasteiger partial charge < -0.3 is 34.9 Å². The molecule has 0 aromatic heterocycles. The van der Waals surface area contributed by atoms with Gasteiger partial charge in [-0.15, -0.1) is 0 Å². The van der Waals surface area contributed by atoms with Crippen molar-refractivity contribution >= 4 is 17.5 Å². The molecule has 36 heavy (non-hydrogen) atoms. The highest BCUT2D eigenvalue weighted by Crippen LogP contribution is 2.05. The summed E-state index contributed by atoms with van der Waals surface area (Å²) in [4.78, 5) is 22.6. The second-order valence-electron chi connectivity index (χ2n) is 8.45. The maximum Gasteiger partial charge on any atom is 0.222 e. The van der Waals surface area contributed by atoms with Gasteiger partial charge in [-0.05, 0) is 25.0 Å². The Morgan fingerprint density at radius 1 is 0.611 bits per heavy atom. The molecule has 0 aliphatic heterocycles. The SMILES string of the molecule is CC(=O)NCCCCCCCCNC(=O)CCOCCOCCOCCOCCNc1ccccc1. The number of para-hydroxylation sites is 1. The van der Waals surface area contributed by atoms with Gasteiger partial charge in [-0.2, -0.15) is 0 Å². The normalized spacial score (nSPS) is 10.8. The lowest BCUT2D eigenvalue weighted by atomic mass is 10.1. The summed E-state index contributed by atoms with van der Waals surface area (Å²) in [6.45, 7) is 7.89. The molecule has 0 saturated heterocycles. The highest BCUT2D eigenvalue weighted by atomic mass is 16.6. The van der Waals surface area contributed by atoms with E-state index in [0.29, 0.717) is 65.8 Å². The summed E-state index contributed by atoms with van der Waals surface area (Å²) in [7, 11) is 0. The lowest BCUT2D eigenvalue weighted by molar-refractivity contribution is -0.122. The van der Waals surface area contributed by atoms with Gasteiger partial charge in [0.1, 0.15) is 0 Å². The first kappa shape index (κ1) is 31.8. The average Bonchev–Trinajstić information content (AvgIpc) is 2.88. The van der Waals surface area contributed by atoms with Crippen LogP contribution < -0.4 is 16.0 Å². The quantitative estimate of drug-likeness (QED) is 0.174. The topological polar surface area (TPSA) is 107 Å². The van der Waals surface area contributed by atoms with E-state index in [9.17, 15) is 9.59 Å². The Labute approximate surface area is 217 Å². The molecular weight excluding hydrogens is 462 g/mol. The van der Waals surface area contributed by atoms with E-state index in [1.807, 2.05) is 30.3 Å². The molecule has 1 aromatic rings. The Kier molecular flexibility index (Phi) is 21.7. The van der Waals surface area contributed by atoms with Crippen molar-refractivity contribution in [3.63, 3.8) is 0 Å². The van der Waals surface area contributed by atoms with Crippen LogP contribution in [0.15, 0.2) is 30.3 Å². The van der Waals surface area contributed by atoms with Gasteiger partial charge in [0, 0.05) is 38.7 Å². The van der Waals surface area contributed by atoms with Crippen LogP contribution in [0.1, 0.15) is 51.9 Å². The Balaban J connectivity index is 1.71. The number of carbonyl (C=O) groups is 2. The van der Waals surface area contributed by atoms with E-state index in [0.717, 1.165) is 57.3 Å². The van der Waals surface area contributed by atoms with Crippen molar-refractivity contribution in [1.82, 2.24) is 10.6 Å². The zero-order valence-electron chi connectivity index (χ0n) is 22.1. The number of hydrogen-bond donors (Lipinski definition) is 3. The summed E-state index contributed by atoms with van der Waals surface area (Å²) in [6, 6.07) is 10.0. The molecule has 206 valence electrons. The first-order valence-electron chi connectivity index (χ1n) is 13.3. The van der Waals surface area contributed by atoms with Crippen molar-refractivity contribution in [1.29, 1.82) is 0 Å². The molecule has 0 aliphatic rings. The Bertz CT molecular complexity index is 648. The highest BCUT2D eigenvalue weighted by molar-refractivity contribution is 5.75. The van der Waals surface area contributed by atoms with Crippen LogP contribution in [0, 0.1) is 0 Å². The number of hydrogen-bond acceptors (Lipinski definition) is 7. The largest absolute Gasteiger partial charge is 0.383 e. The van der Waals surface area contributed by atoms with Gasteiger partial charge in [-0.3, -0.25) is 9.59 Å². The Hall–Kier alpha value is -2.20. The molecule has 9 nitrogen and oxygen atoms in total. The summed E-state index contributed by atoms with van der Waals surface area (Å²) >= 11 is 0. The Morgan fingerprint density at radius 3 is 1.69 bits per heavy atom. The van der Waals surface area contributed by atoms with Gasteiger partial charge in [0.25, 0.3) is 0 Å². The van der Waals surface area contributed by atoms with Crippen LogP contribution in [0.25, 0.3) is 0 Å². The van der Waals surface area contributed by atoms with Crippen LogP contribution in [0.3, 0.4) is 0 Å². The van der Waals surface area contributed by atoms with E-state index in [-0.39, 0.29) is 11.8 Å². The minimum Gasteiger partial charge on any atom is -0.383 e. The zero-order valence-corrected chi connectivity index (χ0v) is 22.1. The number of anilines is 1. The molecule has 0 heterocycles. The summed E-state index contributed by atoms with van der Waals surface area (Å²) in [5.74, 6) is 0.0598. The first-order valence-corrected chi connectivity index (χ1v) is 13.3. The van der Waals surface area contributed by atoms with Crippen molar-refractivity contribution in [3.8, 4) is 0 Å². The van der Waals surface area contributed by atoms with Crippen LogP contribution in [-0.4, -0.2) is 84.3 Å². The lowest BCUT2D eigenvalue weighted by Crippen LogP contribution is -2.25. The molecule has 0 radical (unpaired) electrons. The molecule has 9 heteroatoms. The van der Waals surface area contributed by atoms with Crippen LogP contribution >= 0.6 is 0 Å². The maximum absolute atomic E-state index is 11.8. The number of unbranched alkanes of at least 4 members (excludes halogenated alkanes) is 5. The van der Waals surface area contributed by atoms with Gasteiger partial charge in [0.2, 0.25) is 11.8 Å². The monoisotopic (exact) mass is 509 g/mol. The minimum absolute atomic E-state index is 0.0256. The van der Waals surface area contributed by atoms with Crippen molar-refractivity contribution in [3.05, 3.63) is 30.3 Å². The third-order valence-electron chi connectivity index (χ3n) is 5.24. The van der Waals surface area contributed by atoms with Crippen molar-refractivity contribution in [2.45, 2.75) is 51.9 Å². The van der Waals surface area contributed by atoms with Gasteiger partial charge in [0.05, 0.1) is 52.9 Å². The molecule has 0 unspecified atom stereocenters. The smallest absolute Gasteiger partial charge is 0.222 e. The molecule has 2 amide bonds. The van der Waals surface area contributed by atoms with Crippen LogP contribution in [0.5, 0.6) is 0 Å². The summed E-state index contributed by atoms with van der Waals surface area (Å²) in [5.41, 5.74) is 1.09. The lowest BCUT2D eigenvalue weighted by Gasteiger charge is -2.09. The summed E-state index contributed by atoms with van der Waals surface area (Å²) in [6.07, 6.45) is 6.95. The molecule has 3 N–H and O–H groups in total. The van der Waals surface area contributed by atoms with Crippen molar-refractivity contribution in [2.75, 3.05) is 77.8 Å². The fourth-order valence-corrected chi connectivity index (χ4v) is 3.29. The predicted molar refractivity (Wildman–Crippen MR) is 142 cm³/mol. The zero-order chi connectivity index (χ0) is 25.9. The van der Waals surface area contributed by atoms with E-state index < -0.39 is 0 Å². The fraction of sp³-hybridized carbons (Fsp3) is 0.704. The maximum atomic E-state index is 11.8. The fourth-order valence-electron chi connectivity index (χ4n) is 3.29. The summed E-state index contributed by atoms with van der Waals surface area (Å²) in [5, 5.41) is 9.02. The number of rotatable bonds is 25. The van der Waals surface area contributed by atoms with Gasteiger partial charge in [-0.25, -0.2) is 0 Å².